The highest BCUT2D eigenvalue weighted by Gasteiger charge is 2.37. The van der Waals surface area contributed by atoms with E-state index in [9.17, 15) is 9.59 Å². The van der Waals surface area contributed by atoms with Gasteiger partial charge in [-0.2, -0.15) is 0 Å². The van der Waals surface area contributed by atoms with Crippen molar-refractivity contribution in [3.8, 4) is 0 Å². The monoisotopic (exact) mass is 213 g/mol. The van der Waals surface area contributed by atoms with Crippen LogP contribution in [0, 0.1) is 0 Å². The third-order valence-electron chi connectivity index (χ3n) is 2.90. The maximum absolute atomic E-state index is 11.8. The molecule has 0 saturated carbocycles. The molecule has 2 amide bonds. The Morgan fingerprint density at radius 1 is 1.53 bits per heavy atom. The fourth-order valence-electron chi connectivity index (χ4n) is 1.93. The second-order valence-corrected chi connectivity index (χ2v) is 3.91. The van der Waals surface area contributed by atoms with Crippen molar-refractivity contribution in [2.24, 2.45) is 5.73 Å². The zero-order valence-electron chi connectivity index (χ0n) is 9.56. The van der Waals surface area contributed by atoms with E-state index in [1.54, 1.807) is 16.7 Å². The summed E-state index contributed by atoms with van der Waals surface area (Å²) in [6, 6.07) is -0.458. The molecule has 0 radical (unpaired) electrons. The summed E-state index contributed by atoms with van der Waals surface area (Å²) in [6.07, 6.45) is 0. The molecule has 5 nitrogen and oxygen atoms in total. The van der Waals surface area contributed by atoms with Gasteiger partial charge in [-0.05, 0) is 20.8 Å². The second kappa shape index (κ2) is 4.61. The maximum atomic E-state index is 11.8. The van der Waals surface area contributed by atoms with Crippen molar-refractivity contribution in [2.45, 2.75) is 32.9 Å². The number of hydrogen-bond donors (Lipinski definition) is 1. The van der Waals surface area contributed by atoms with Crippen molar-refractivity contribution in [1.29, 1.82) is 0 Å². The Hall–Kier alpha value is -1.10. The summed E-state index contributed by atoms with van der Waals surface area (Å²) in [5.41, 5.74) is 5.52. The standard InChI is InChI=1S/C10H19N3O2/c1-4-12-6-9(14)13(7(2)5-11)8(3)10(12)15/h7-8H,4-6,11H2,1-3H3. The van der Waals surface area contributed by atoms with Gasteiger partial charge in [0.1, 0.15) is 6.04 Å². The van der Waals surface area contributed by atoms with Gasteiger partial charge in [0.15, 0.2) is 0 Å². The Balaban J connectivity index is 2.84. The Labute approximate surface area is 90.2 Å². The summed E-state index contributed by atoms with van der Waals surface area (Å²) >= 11 is 0. The van der Waals surface area contributed by atoms with E-state index in [4.69, 9.17) is 5.73 Å². The van der Waals surface area contributed by atoms with Gasteiger partial charge in [0.2, 0.25) is 11.8 Å². The topological polar surface area (TPSA) is 66.6 Å². The van der Waals surface area contributed by atoms with Crippen LogP contribution in [0.1, 0.15) is 20.8 Å². The fourth-order valence-corrected chi connectivity index (χ4v) is 1.93. The highest BCUT2D eigenvalue weighted by atomic mass is 16.2. The fraction of sp³-hybridized carbons (Fsp3) is 0.800. The van der Waals surface area contributed by atoms with Crippen LogP contribution in [0.15, 0.2) is 0 Å². The molecule has 0 aromatic rings. The van der Waals surface area contributed by atoms with Crippen LogP contribution >= 0.6 is 0 Å². The lowest BCUT2D eigenvalue weighted by atomic mass is 10.1. The molecule has 2 atom stereocenters. The smallest absolute Gasteiger partial charge is 0.245 e. The summed E-state index contributed by atoms with van der Waals surface area (Å²) in [4.78, 5) is 26.8. The van der Waals surface area contributed by atoms with Gasteiger partial charge in [-0.15, -0.1) is 0 Å². The maximum Gasteiger partial charge on any atom is 0.245 e. The van der Waals surface area contributed by atoms with E-state index < -0.39 is 0 Å². The molecule has 0 aliphatic carbocycles. The first-order chi connectivity index (χ1) is 7.02. The molecule has 2 N–H and O–H groups in total. The van der Waals surface area contributed by atoms with E-state index in [0.29, 0.717) is 13.1 Å². The summed E-state index contributed by atoms with van der Waals surface area (Å²) in [6.45, 7) is 6.65. The predicted molar refractivity (Wildman–Crippen MR) is 57.1 cm³/mol. The predicted octanol–water partition coefficient (Wildman–Crippen LogP) is -0.587. The highest BCUT2D eigenvalue weighted by Crippen LogP contribution is 2.14. The molecule has 15 heavy (non-hydrogen) atoms. The average molecular weight is 213 g/mol. The van der Waals surface area contributed by atoms with Gasteiger partial charge in [0, 0.05) is 19.1 Å². The largest absolute Gasteiger partial charge is 0.332 e. The molecule has 2 unspecified atom stereocenters. The van der Waals surface area contributed by atoms with E-state index in [2.05, 4.69) is 0 Å². The summed E-state index contributed by atoms with van der Waals surface area (Å²) in [5, 5.41) is 0. The number of nitrogens with zero attached hydrogens (tertiary/aromatic N) is 2. The average Bonchev–Trinajstić information content (AvgIpc) is 2.23. The second-order valence-electron chi connectivity index (χ2n) is 3.91. The lowest BCUT2D eigenvalue weighted by Gasteiger charge is -2.41. The molecule has 1 rings (SSSR count). The number of rotatable bonds is 3. The van der Waals surface area contributed by atoms with Crippen molar-refractivity contribution in [3.05, 3.63) is 0 Å². The number of amides is 2. The molecule has 1 aliphatic heterocycles. The van der Waals surface area contributed by atoms with Crippen LogP contribution in [0.5, 0.6) is 0 Å². The summed E-state index contributed by atoms with van der Waals surface area (Å²) in [5.74, 6) is -0.000648. The zero-order chi connectivity index (χ0) is 11.6. The SMILES string of the molecule is CCN1CC(=O)N(C(C)CN)C(C)C1=O. The number of piperazine rings is 1. The Morgan fingerprint density at radius 3 is 2.60 bits per heavy atom. The quantitative estimate of drug-likeness (QED) is 0.681. The molecular weight excluding hydrogens is 194 g/mol. The van der Waals surface area contributed by atoms with Gasteiger partial charge in [-0.3, -0.25) is 9.59 Å². The Kier molecular flexibility index (Phi) is 3.68. The molecular formula is C10H19N3O2. The number of carbonyl (C=O) groups is 2. The number of likely N-dealkylation sites (N-methyl/N-ethyl adjacent to an activating group) is 1. The van der Waals surface area contributed by atoms with Crippen molar-refractivity contribution < 1.29 is 9.59 Å². The van der Waals surface area contributed by atoms with E-state index in [1.807, 2.05) is 13.8 Å². The lowest BCUT2D eigenvalue weighted by Crippen LogP contribution is -2.62. The van der Waals surface area contributed by atoms with Crippen LogP contribution in [0.2, 0.25) is 0 Å². The van der Waals surface area contributed by atoms with Gasteiger partial charge < -0.3 is 15.5 Å². The lowest BCUT2D eigenvalue weighted by molar-refractivity contribution is -0.156. The van der Waals surface area contributed by atoms with Crippen LogP contribution in [0.25, 0.3) is 0 Å². The molecule has 1 aliphatic rings. The highest BCUT2D eigenvalue weighted by molar-refractivity contribution is 5.94. The number of carbonyl (C=O) groups excluding carboxylic acids is 2. The Morgan fingerprint density at radius 2 is 2.13 bits per heavy atom. The summed E-state index contributed by atoms with van der Waals surface area (Å²) in [7, 11) is 0. The molecule has 0 aromatic heterocycles. The first-order valence-electron chi connectivity index (χ1n) is 5.32. The molecule has 1 fully saturated rings. The minimum atomic E-state index is -0.384. The minimum absolute atomic E-state index is 0.0115. The minimum Gasteiger partial charge on any atom is -0.332 e. The van der Waals surface area contributed by atoms with Gasteiger partial charge >= 0.3 is 0 Å². The molecule has 0 spiro atoms. The first-order valence-corrected chi connectivity index (χ1v) is 5.32. The van der Waals surface area contributed by atoms with E-state index in [-0.39, 0.29) is 30.4 Å². The Bertz CT molecular complexity index is 267. The molecule has 0 bridgehead atoms. The van der Waals surface area contributed by atoms with Crippen LogP contribution in [-0.4, -0.2) is 53.3 Å². The molecule has 1 heterocycles. The van der Waals surface area contributed by atoms with Crippen LogP contribution in [0.4, 0.5) is 0 Å². The summed E-state index contributed by atoms with van der Waals surface area (Å²) < 4.78 is 0. The number of hydrogen-bond acceptors (Lipinski definition) is 3. The molecule has 0 aromatic carbocycles. The van der Waals surface area contributed by atoms with E-state index in [1.165, 1.54) is 0 Å². The molecule has 86 valence electrons. The van der Waals surface area contributed by atoms with Crippen LogP contribution in [-0.2, 0) is 9.59 Å². The molecule has 5 heteroatoms. The van der Waals surface area contributed by atoms with Crippen LogP contribution < -0.4 is 5.73 Å². The van der Waals surface area contributed by atoms with Crippen molar-refractivity contribution >= 4 is 11.8 Å². The first kappa shape index (κ1) is 12.0. The van der Waals surface area contributed by atoms with Crippen LogP contribution in [0.3, 0.4) is 0 Å². The van der Waals surface area contributed by atoms with E-state index >= 15 is 0 Å². The van der Waals surface area contributed by atoms with Gasteiger partial charge in [0.25, 0.3) is 0 Å². The van der Waals surface area contributed by atoms with Gasteiger partial charge in [-0.25, -0.2) is 0 Å². The zero-order valence-corrected chi connectivity index (χ0v) is 9.56. The van der Waals surface area contributed by atoms with E-state index in [0.717, 1.165) is 0 Å². The van der Waals surface area contributed by atoms with Gasteiger partial charge in [-0.1, -0.05) is 0 Å². The molecule has 1 saturated heterocycles. The number of nitrogens with two attached hydrogens (primary N) is 1. The third-order valence-corrected chi connectivity index (χ3v) is 2.90. The van der Waals surface area contributed by atoms with Crippen molar-refractivity contribution in [1.82, 2.24) is 9.80 Å². The third kappa shape index (κ3) is 2.12. The van der Waals surface area contributed by atoms with Crippen molar-refractivity contribution in [3.63, 3.8) is 0 Å². The van der Waals surface area contributed by atoms with Crippen molar-refractivity contribution in [2.75, 3.05) is 19.6 Å². The van der Waals surface area contributed by atoms with Gasteiger partial charge in [0.05, 0.1) is 6.54 Å². The normalized spacial score (nSPS) is 24.7.